The van der Waals surface area contributed by atoms with Crippen molar-refractivity contribution in [2.75, 3.05) is 6.61 Å². The quantitative estimate of drug-likeness (QED) is 0.706. The van der Waals surface area contributed by atoms with Gasteiger partial charge in [0, 0.05) is 17.5 Å². The topological polar surface area (TPSA) is 93.6 Å². The van der Waals surface area contributed by atoms with Crippen LogP contribution in [0.5, 0.6) is 5.88 Å². The van der Waals surface area contributed by atoms with Gasteiger partial charge in [-0.05, 0) is 83.6 Å². The lowest BCUT2D eigenvalue weighted by Crippen LogP contribution is -2.42. The molecule has 31 heavy (non-hydrogen) atoms. The second kappa shape index (κ2) is 9.28. The lowest BCUT2D eigenvalue weighted by Gasteiger charge is -2.30. The number of hydrogen-bond donors (Lipinski definition) is 2. The zero-order valence-electron chi connectivity index (χ0n) is 18.6. The van der Waals surface area contributed by atoms with Crippen LogP contribution < -0.4 is 10.1 Å². The standard InChI is InChI=1S/C23H33N3O4S/c1-23(2,3)30-22(28)26-15-5-7-16(8-6-15)29-20-19-17-12-14(10-11-27)4-9-18(17)31-21(19)25-13-24-20/h13-16,27H,4-12H2,1-3H3,(H,26,28)/t14-,15-,16-/m1/s1. The van der Waals surface area contributed by atoms with Gasteiger partial charge in [-0.1, -0.05) is 0 Å². The van der Waals surface area contributed by atoms with Gasteiger partial charge >= 0.3 is 6.09 Å². The molecule has 1 saturated carbocycles. The number of carbonyl (C=O) groups excluding carboxylic acids is 1. The second-order valence-corrected chi connectivity index (χ2v) is 10.8. The summed E-state index contributed by atoms with van der Waals surface area (Å²) in [6.45, 7) is 5.85. The highest BCUT2D eigenvalue weighted by Crippen LogP contribution is 2.41. The number of fused-ring (bicyclic) bond motifs is 3. The fourth-order valence-corrected chi connectivity index (χ4v) is 5.80. The highest BCUT2D eigenvalue weighted by molar-refractivity contribution is 7.18. The van der Waals surface area contributed by atoms with E-state index in [0.29, 0.717) is 11.8 Å². The van der Waals surface area contributed by atoms with E-state index in [-0.39, 0.29) is 24.8 Å². The van der Waals surface area contributed by atoms with Gasteiger partial charge in [0.25, 0.3) is 0 Å². The van der Waals surface area contributed by atoms with E-state index in [2.05, 4.69) is 15.3 Å². The number of thiophene rings is 1. The first kappa shape index (κ1) is 22.3. The molecule has 2 aromatic heterocycles. The molecule has 2 N–H and O–H groups in total. The van der Waals surface area contributed by atoms with Crippen molar-refractivity contribution in [2.45, 2.75) is 89.9 Å². The van der Waals surface area contributed by atoms with Gasteiger partial charge in [0.1, 0.15) is 22.9 Å². The molecule has 0 radical (unpaired) electrons. The van der Waals surface area contributed by atoms with Crippen LogP contribution in [0.1, 0.15) is 69.7 Å². The lowest BCUT2D eigenvalue weighted by atomic mass is 9.85. The largest absolute Gasteiger partial charge is 0.474 e. The number of nitrogens with one attached hydrogen (secondary N) is 1. The molecule has 170 valence electrons. The molecule has 1 fully saturated rings. The third-order valence-corrected chi connectivity index (χ3v) is 7.32. The first-order valence-corrected chi connectivity index (χ1v) is 12.2. The van der Waals surface area contributed by atoms with E-state index in [0.717, 1.165) is 61.6 Å². The Balaban J connectivity index is 1.40. The number of amides is 1. The number of aryl methyl sites for hydroxylation is 1. The van der Waals surface area contributed by atoms with E-state index >= 15 is 0 Å². The fraction of sp³-hybridized carbons (Fsp3) is 0.696. The molecule has 0 spiro atoms. The maximum atomic E-state index is 12.0. The number of hydrogen-bond acceptors (Lipinski definition) is 7. The average molecular weight is 448 g/mol. The summed E-state index contributed by atoms with van der Waals surface area (Å²) in [4.78, 5) is 23.4. The Morgan fingerprint density at radius 1 is 1.23 bits per heavy atom. The van der Waals surface area contributed by atoms with Gasteiger partial charge < -0.3 is 19.9 Å². The van der Waals surface area contributed by atoms with Gasteiger partial charge in [-0.25, -0.2) is 14.8 Å². The first-order chi connectivity index (χ1) is 14.8. The average Bonchev–Trinajstić information content (AvgIpc) is 3.07. The number of alkyl carbamates (subject to hydrolysis) is 1. The molecule has 2 aromatic rings. The van der Waals surface area contributed by atoms with Gasteiger partial charge in [-0.2, -0.15) is 0 Å². The molecule has 0 saturated heterocycles. The third-order valence-electron chi connectivity index (χ3n) is 6.12. The molecule has 2 aliphatic carbocycles. The minimum Gasteiger partial charge on any atom is -0.474 e. The van der Waals surface area contributed by atoms with E-state index < -0.39 is 5.60 Å². The maximum Gasteiger partial charge on any atom is 0.407 e. The van der Waals surface area contributed by atoms with Crippen LogP contribution >= 0.6 is 11.3 Å². The van der Waals surface area contributed by atoms with Crippen molar-refractivity contribution in [1.29, 1.82) is 0 Å². The van der Waals surface area contributed by atoms with Crippen LogP contribution in [0.3, 0.4) is 0 Å². The molecular formula is C23H33N3O4S. The van der Waals surface area contributed by atoms with Crippen LogP contribution in [0, 0.1) is 5.92 Å². The van der Waals surface area contributed by atoms with E-state index in [1.54, 1.807) is 17.7 Å². The van der Waals surface area contributed by atoms with Crippen LogP contribution in [0.25, 0.3) is 10.2 Å². The summed E-state index contributed by atoms with van der Waals surface area (Å²) in [6, 6.07) is 0.119. The van der Waals surface area contributed by atoms with Crippen molar-refractivity contribution < 1.29 is 19.4 Å². The molecule has 0 unspecified atom stereocenters. The molecule has 0 aliphatic heterocycles. The highest BCUT2D eigenvalue weighted by Gasteiger charge is 2.29. The lowest BCUT2D eigenvalue weighted by molar-refractivity contribution is 0.0470. The molecule has 4 rings (SSSR count). The normalized spacial score (nSPS) is 23.9. The van der Waals surface area contributed by atoms with Gasteiger partial charge in [0.15, 0.2) is 0 Å². The van der Waals surface area contributed by atoms with Crippen molar-refractivity contribution in [3.63, 3.8) is 0 Å². The minimum atomic E-state index is -0.487. The van der Waals surface area contributed by atoms with Crippen molar-refractivity contribution in [3.8, 4) is 5.88 Å². The maximum absolute atomic E-state index is 12.0. The number of aliphatic hydroxyl groups excluding tert-OH is 1. The molecule has 2 heterocycles. The van der Waals surface area contributed by atoms with Gasteiger partial charge in [0.05, 0.1) is 5.39 Å². The fourth-order valence-electron chi connectivity index (χ4n) is 4.63. The van der Waals surface area contributed by atoms with E-state index in [4.69, 9.17) is 9.47 Å². The van der Waals surface area contributed by atoms with E-state index in [1.165, 1.54) is 10.4 Å². The Hall–Kier alpha value is -1.93. The zero-order chi connectivity index (χ0) is 22.0. The highest BCUT2D eigenvalue weighted by atomic mass is 32.1. The van der Waals surface area contributed by atoms with Crippen molar-refractivity contribution in [1.82, 2.24) is 15.3 Å². The summed E-state index contributed by atoms with van der Waals surface area (Å²) < 4.78 is 11.8. The Bertz CT molecular complexity index is 915. The number of rotatable bonds is 5. The van der Waals surface area contributed by atoms with Crippen molar-refractivity contribution in [3.05, 3.63) is 16.8 Å². The van der Waals surface area contributed by atoms with Gasteiger partial charge in [-0.15, -0.1) is 11.3 Å². The van der Waals surface area contributed by atoms with Crippen molar-refractivity contribution in [2.24, 2.45) is 5.92 Å². The van der Waals surface area contributed by atoms with Crippen LogP contribution in [-0.4, -0.2) is 45.5 Å². The number of aromatic nitrogens is 2. The van der Waals surface area contributed by atoms with Gasteiger partial charge in [0.2, 0.25) is 5.88 Å². The van der Waals surface area contributed by atoms with E-state index in [9.17, 15) is 9.90 Å². The summed E-state index contributed by atoms with van der Waals surface area (Å²) in [5, 5.41) is 13.4. The molecule has 2 aliphatic rings. The molecule has 1 amide bonds. The Morgan fingerprint density at radius 3 is 2.71 bits per heavy atom. The summed E-state index contributed by atoms with van der Waals surface area (Å²) in [5.41, 5.74) is 0.833. The number of aliphatic hydroxyl groups is 1. The number of nitrogens with zero attached hydrogens (tertiary/aromatic N) is 2. The molecule has 0 bridgehead atoms. The second-order valence-electron chi connectivity index (χ2n) is 9.72. The van der Waals surface area contributed by atoms with Crippen LogP contribution in [-0.2, 0) is 17.6 Å². The van der Waals surface area contributed by atoms with Crippen LogP contribution in [0.4, 0.5) is 4.79 Å². The monoisotopic (exact) mass is 447 g/mol. The van der Waals surface area contributed by atoms with E-state index in [1.807, 2.05) is 20.8 Å². The third kappa shape index (κ3) is 5.47. The predicted octanol–water partition coefficient (Wildman–Crippen LogP) is 4.39. The zero-order valence-corrected chi connectivity index (χ0v) is 19.5. The summed E-state index contributed by atoms with van der Waals surface area (Å²) in [5.74, 6) is 1.20. The molecule has 7 nitrogen and oxygen atoms in total. The molecule has 0 aromatic carbocycles. The Kier molecular flexibility index (Phi) is 6.67. The Morgan fingerprint density at radius 2 is 2.00 bits per heavy atom. The Labute approximate surface area is 187 Å². The summed E-state index contributed by atoms with van der Waals surface area (Å²) in [6.07, 6.45) is 8.76. The number of ether oxygens (including phenoxy) is 2. The number of carbonyl (C=O) groups is 1. The smallest absolute Gasteiger partial charge is 0.407 e. The molecule has 8 heteroatoms. The molecular weight excluding hydrogens is 414 g/mol. The predicted molar refractivity (Wildman–Crippen MR) is 121 cm³/mol. The van der Waals surface area contributed by atoms with Crippen LogP contribution in [0.15, 0.2) is 6.33 Å². The summed E-state index contributed by atoms with van der Waals surface area (Å²) >= 11 is 1.75. The molecule has 1 atom stereocenters. The van der Waals surface area contributed by atoms with Crippen molar-refractivity contribution >= 4 is 27.6 Å². The summed E-state index contributed by atoms with van der Waals surface area (Å²) in [7, 11) is 0. The van der Waals surface area contributed by atoms with Gasteiger partial charge in [-0.3, -0.25) is 0 Å². The minimum absolute atomic E-state index is 0.0853. The van der Waals surface area contributed by atoms with Crippen LogP contribution in [0.2, 0.25) is 0 Å². The SMILES string of the molecule is CC(C)(C)OC(=O)N[C@H]1CC[C@H](Oc2ncnc3sc4c(c23)C[C@@H](CCO)CC4)CC1. The first-order valence-electron chi connectivity index (χ1n) is 11.3.